The summed E-state index contributed by atoms with van der Waals surface area (Å²) in [4.78, 5) is 1.14. The Hall–Kier alpha value is 0.01000. The molecule has 2 rings (SSSR count). The predicted octanol–water partition coefficient (Wildman–Crippen LogP) is 3.98. The molecule has 1 aliphatic rings. The maximum absolute atomic E-state index is 6.15. The Morgan fingerprint density at radius 1 is 1.53 bits per heavy atom. The molecule has 0 spiro atoms. The van der Waals surface area contributed by atoms with E-state index in [0.717, 1.165) is 15.6 Å². The van der Waals surface area contributed by atoms with Gasteiger partial charge in [0, 0.05) is 22.4 Å². The molecule has 0 bridgehead atoms. The van der Waals surface area contributed by atoms with Crippen LogP contribution in [0.25, 0.3) is 0 Å². The summed E-state index contributed by atoms with van der Waals surface area (Å²) in [6.07, 6.45) is 3.30. The smallest absolute Gasteiger partial charge is 0.0562 e. The summed E-state index contributed by atoms with van der Waals surface area (Å²) in [5, 5.41) is 4.36. The third-order valence-corrected chi connectivity index (χ3v) is 4.84. The van der Waals surface area contributed by atoms with Crippen molar-refractivity contribution in [3.8, 4) is 0 Å². The fourth-order valence-corrected chi connectivity index (χ4v) is 3.66. The molecule has 1 nitrogen and oxygen atoms in total. The predicted molar refractivity (Wildman–Crippen MR) is 72.6 cm³/mol. The van der Waals surface area contributed by atoms with Crippen LogP contribution < -0.4 is 5.32 Å². The summed E-state index contributed by atoms with van der Waals surface area (Å²) in [7, 11) is 0. The molecule has 1 fully saturated rings. The van der Waals surface area contributed by atoms with Crippen molar-refractivity contribution < 1.29 is 0 Å². The van der Waals surface area contributed by atoms with Gasteiger partial charge in [-0.05, 0) is 36.6 Å². The Morgan fingerprint density at radius 3 is 3.00 bits per heavy atom. The number of hydrogen-bond donors (Lipinski definition) is 1. The van der Waals surface area contributed by atoms with E-state index in [-0.39, 0.29) is 0 Å². The van der Waals surface area contributed by atoms with E-state index in [4.69, 9.17) is 11.6 Å². The van der Waals surface area contributed by atoms with E-state index in [0.29, 0.717) is 6.04 Å². The zero-order chi connectivity index (χ0) is 10.7. The fourth-order valence-electron chi connectivity index (χ4n) is 1.64. The number of thioether (sulfide) groups is 2. The Labute approximate surface area is 104 Å². The lowest BCUT2D eigenvalue weighted by atomic mass is 10.2. The van der Waals surface area contributed by atoms with Gasteiger partial charge in [-0.25, -0.2) is 0 Å². The van der Waals surface area contributed by atoms with Crippen molar-refractivity contribution in [2.24, 2.45) is 0 Å². The minimum Gasteiger partial charge on any atom is -0.381 e. The molecule has 0 amide bonds. The molecule has 1 aliphatic heterocycles. The highest BCUT2D eigenvalue weighted by Crippen LogP contribution is 2.29. The number of benzene rings is 1. The molecule has 0 radical (unpaired) electrons. The van der Waals surface area contributed by atoms with E-state index in [9.17, 15) is 0 Å². The molecular formula is C11H14ClNS2. The van der Waals surface area contributed by atoms with Crippen LogP contribution in [0.4, 0.5) is 5.69 Å². The van der Waals surface area contributed by atoms with Gasteiger partial charge in [-0.1, -0.05) is 11.6 Å². The molecule has 82 valence electrons. The van der Waals surface area contributed by atoms with Gasteiger partial charge in [-0.15, -0.1) is 11.8 Å². The summed E-state index contributed by atoms with van der Waals surface area (Å²) in [5.41, 5.74) is 1.14. The summed E-state index contributed by atoms with van der Waals surface area (Å²) in [6.45, 7) is 0. The first-order chi connectivity index (χ1) is 7.29. The first kappa shape index (κ1) is 11.5. The molecule has 1 aromatic carbocycles. The molecule has 0 aromatic heterocycles. The van der Waals surface area contributed by atoms with E-state index < -0.39 is 0 Å². The lowest BCUT2D eigenvalue weighted by Crippen LogP contribution is -2.17. The third kappa shape index (κ3) is 2.99. The second-order valence-corrected chi connectivity index (χ2v) is 5.96. The number of hydrogen-bond acceptors (Lipinski definition) is 3. The van der Waals surface area contributed by atoms with Crippen molar-refractivity contribution in [1.29, 1.82) is 0 Å². The second-order valence-electron chi connectivity index (χ2n) is 3.55. The first-order valence-electron chi connectivity index (χ1n) is 4.97. The zero-order valence-electron chi connectivity index (χ0n) is 8.63. The summed E-state index contributed by atoms with van der Waals surface area (Å²) < 4.78 is 0. The first-order valence-corrected chi connectivity index (χ1v) is 7.73. The van der Waals surface area contributed by atoms with E-state index in [2.05, 4.69) is 17.4 Å². The molecule has 1 N–H and O–H groups in total. The van der Waals surface area contributed by atoms with Crippen LogP contribution in [0.5, 0.6) is 0 Å². The van der Waals surface area contributed by atoms with Gasteiger partial charge in [0.05, 0.1) is 5.02 Å². The number of nitrogens with one attached hydrogen (secondary N) is 1. The fraction of sp³-hybridized carbons (Fsp3) is 0.455. The van der Waals surface area contributed by atoms with Crippen LogP contribution in [-0.2, 0) is 0 Å². The van der Waals surface area contributed by atoms with Crippen LogP contribution in [0.1, 0.15) is 6.42 Å². The summed E-state index contributed by atoms with van der Waals surface area (Å²) in [6, 6.07) is 6.83. The van der Waals surface area contributed by atoms with Crippen molar-refractivity contribution in [3.05, 3.63) is 23.2 Å². The Morgan fingerprint density at radius 2 is 2.40 bits per heavy atom. The maximum Gasteiger partial charge on any atom is 0.0562 e. The van der Waals surface area contributed by atoms with Crippen molar-refractivity contribution >= 4 is 40.8 Å². The van der Waals surface area contributed by atoms with Crippen LogP contribution in [0, 0.1) is 0 Å². The van der Waals surface area contributed by atoms with Gasteiger partial charge < -0.3 is 5.32 Å². The topological polar surface area (TPSA) is 12.0 Å². The molecule has 15 heavy (non-hydrogen) atoms. The van der Waals surface area contributed by atoms with Crippen LogP contribution >= 0.6 is 35.1 Å². The zero-order valence-corrected chi connectivity index (χ0v) is 11.0. The maximum atomic E-state index is 6.15. The van der Waals surface area contributed by atoms with Crippen molar-refractivity contribution in [3.63, 3.8) is 0 Å². The molecule has 1 unspecified atom stereocenters. The lowest BCUT2D eigenvalue weighted by Gasteiger charge is -2.13. The van der Waals surface area contributed by atoms with E-state index in [1.807, 2.05) is 24.1 Å². The van der Waals surface area contributed by atoms with Crippen LogP contribution in [-0.4, -0.2) is 23.8 Å². The molecule has 0 saturated carbocycles. The number of halogens is 1. The molecule has 1 atom stereocenters. The molecule has 4 heteroatoms. The Balaban J connectivity index is 2.05. The van der Waals surface area contributed by atoms with Crippen LogP contribution in [0.2, 0.25) is 5.02 Å². The highest BCUT2D eigenvalue weighted by Gasteiger charge is 2.15. The van der Waals surface area contributed by atoms with Gasteiger partial charge in [0.1, 0.15) is 0 Å². The monoisotopic (exact) mass is 259 g/mol. The summed E-state index contributed by atoms with van der Waals surface area (Å²) in [5.74, 6) is 2.48. The number of rotatable bonds is 3. The van der Waals surface area contributed by atoms with Crippen molar-refractivity contribution in [2.75, 3.05) is 23.1 Å². The molecule has 1 heterocycles. The normalized spacial score (nSPS) is 20.5. The second kappa shape index (κ2) is 5.37. The largest absolute Gasteiger partial charge is 0.381 e. The minimum atomic E-state index is 0.617. The average Bonchev–Trinajstić information content (AvgIpc) is 2.71. The Bertz CT molecular complexity index is 337. The molecule has 1 saturated heterocycles. The van der Waals surface area contributed by atoms with Gasteiger partial charge in [0.2, 0.25) is 0 Å². The molecule has 1 aromatic rings. The van der Waals surface area contributed by atoms with Gasteiger partial charge in [0.25, 0.3) is 0 Å². The van der Waals surface area contributed by atoms with E-state index >= 15 is 0 Å². The van der Waals surface area contributed by atoms with Crippen LogP contribution in [0.3, 0.4) is 0 Å². The third-order valence-electron chi connectivity index (χ3n) is 2.45. The standard InChI is InChI=1S/C11H14ClNS2/c1-14-11-3-2-8(6-10(11)12)13-9-4-5-15-7-9/h2-3,6,9,13H,4-5,7H2,1H3. The van der Waals surface area contributed by atoms with Crippen molar-refractivity contribution in [1.82, 2.24) is 0 Å². The average molecular weight is 260 g/mol. The lowest BCUT2D eigenvalue weighted by molar-refractivity contribution is 0.813. The highest BCUT2D eigenvalue weighted by atomic mass is 35.5. The minimum absolute atomic E-state index is 0.617. The van der Waals surface area contributed by atoms with Gasteiger partial charge in [-0.3, -0.25) is 0 Å². The molecular weight excluding hydrogens is 246 g/mol. The molecule has 0 aliphatic carbocycles. The van der Waals surface area contributed by atoms with Crippen LogP contribution in [0.15, 0.2) is 23.1 Å². The van der Waals surface area contributed by atoms with Gasteiger partial charge in [0.15, 0.2) is 0 Å². The van der Waals surface area contributed by atoms with Crippen molar-refractivity contribution in [2.45, 2.75) is 17.4 Å². The van der Waals surface area contributed by atoms with E-state index in [1.165, 1.54) is 17.9 Å². The highest BCUT2D eigenvalue weighted by molar-refractivity contribution is 7.99. The summed E-state index contributed by atoms with van der Waals surface area (Å²) >= 11 is 9.85. The van der Waals surface area contributed by atoms with Gasteiger partial charge >= 0.3 is 0 Å². The Kier molecular flexibility index (Phi) is 4.12. The quantitative estimate of drug-likeness (QED) is 0.825. The van der Waals surface area contributed by atoms with E-state index in [1.54, 1.807) is 11.8 Å². The van der Waals surface area contributed by atoms with Gasteiger partial charge in [-0.2, -0.15) is 11.8 Å². The number of anilines is 1. The SMILES string of the molecule is CSc1ccc(NC2CCSC2)cc1Cl.